The summed E-state index contributed by atoms with van der Waals surface area (Å²) in [5.41, 5.74) is 53.1. The molecule has 0 unspecified atom stereocenters. The van der Waals surface area contributed by atoms with Crippen molar-refractivity contribution < 1.29 is 77.3 Å². The standard InChI is InChI=1S/C74H123N23O16/c1-7-43(6)60(71(112)92-52(23-16-32-85-74(82)83)72(113)97-33-17-24-57(97)70(111)91-50(21-12-14-30-76)65(106)94-54(35-42(4)5)67(108)89-49(61(79)102)20-11-13-29-75)96-66(107)51(22-15-31-84-73(80)81)90-63(104)48(78)39-86-64(105)53(34-41(2)3)93-68(109)55(37-44-18-9-8-10-19-44)95-69(110)56(38-59(100)101)88-58(99)40-87-62(103)47(77)36-45-25-27-46(98)28-26-45/h8-10,18-19,25-28,41-43,47-57,60,98H,7,11-17,20-24,29-40,75-78H2,1-6H3,(H2,79,102)(H,86,105)(H,87,103)(H,88,99)(H,89,108)(H,90,104)(H,91,111)(H,92,112)(H,93,109)(H,94,106)(H,95,110)(H,96,107)(H,100,101)(H4,80,81,84)(H4,82,83,85)/t43-,47-,48-,49-,50-,51-,52-,53-,54-,55-,56+,57-,60-/m0/s1. The van der Waals surface area contributed by atoms with Crippen LogP contribution >= 0.6 is 0 Å². The number of phenols is 1. The Kier molecular flexibility index (Phi) is 43.5. The molecule has 0 bridgehead atoms. The monoisotopic (exact) mass is 1590 g/mol. The number of carbonyl (C=O) groups excluding carboxylic acids is 13. The van der Waals surface area contributed by atoms with Gasteiger partial charge in [-0.1, -0.05) is 90.4 Å². The van der Waals surface area contributed by atoms with Crippen molar-refractivity contribution in [1.29, 1.82) is 0 Å². The van der Waals surface area contributed by atoms with Crippen LogP contribution in [0.1, 0.15) is 155 Å². The first-order chi connectivity index (χ1) is 53.5. The summed E-state index contributed by atoms with van der Waals surface area (Å²) in [7, 11) is 0. The van der Waals surface area contributed by atoms with E-state index in [2.05, 4.69) is 68.5 Å². The average Bonchev–Trinajstić information content (AvgIpc) is 1.75. The summed E-state index contributed by atoms with van der Waals surface area (Å²) in [5.74, 6) is -13.9. The molecule has 0 radical (unpaired) electrons. The van der Waals surface area contributed by atoms with Crippen molar-refractivity contribution >= 4 is 94.7 Å². The van der Waals surface area contributed by atoms with E-state index in [1.165, 1.54) is 17.0 Å². The van der Waals surface area contributed by atoms with Crippen LogP contribution in [-0.2, 0) is 80.0 Å². The molecule has 13 amide bonds. The number of aromatic hydroxyl groups is 1. The number of hydrogen-bond acceptors (Lipinski definition) is 21. The first kappa shape index (κ1) is 96.4. The molecule has 3 rings (SSSR count). The number of carboxylic acids is 1. The molecule has 113 heavy (non-hydrogen) atoms. The third-order valence-corrected chi connectivity index (χ3v) is 18.6. The molecule has 39 nitrogen and oxygen atoms in total. The number of aliphatic imine (C=N–C) groups is 2. The van der Waals surface area contributed by atoms with Crippen LogP contribution in [0, 0.1) is 17.8 Å². The Morgan fingerprint density at radius 3 is 1.52 bits per heavy atom. The molecule has 1 heterocycles. The van der Waals surface area contributed by atoms with Gasteiger partial charge in [0.1, 0.15) is 72.2 Å². The van der Waals surface area contributed by atoms with Crippen molar-refractivity contribution in [3.63, 3.8) is 0 Å². The Hall–Kier alpha value is -10.8. The zero-order valence-electron chi connectivity index (χ0n) is 65.7. The van der Waals surface area contributed by atoms with Gasteiger partial charge in [0.05, 0.1) is 19.0 Å². The van der Waals surface area contributed by atoms with Gasteiger partial charge < -0.3 is 125 Å². The largest absolute Gasteiger partial charge is 0.508 e. The van der Waals surface area contributed by atoms with Gasteiger partial charge in [-0.25, -0.2) is 0 Å². The van der Waals surface area contributed by atoms with Crippen LogP contribution in [0.25, 0.3) is 0 Å². The molecule has 2 aromatic carbocycles. The molecule has 0 aliphatic carbocycles. The minimum absolute atomic E-state index is 0.00363. The molecule has 1 aliphatic rings. The summed E-state index contributed by atoms with van der Waals surface area (Å²) < 4.78 is 0. The molecular formula is C74H123N23O16. The molecule has 1 aliphatic heterocycles. The number of aliphatic carboxylic acids is 1. The lowest BCUT2D eigenvalue weighted by Gasteiger charge is -2.32. The molecule has 13 atom stereocenters. The summed E-state index contributed by atoms with van der Waals surface area (Å²) >= 11 is 0. The van der Waals surface area contributed by atoms with Gasteiger partial charge in [0, 0.05) is 32.6 Å². The number of amides is 13. The first-order valence-electron chi connectivity index (χ1n) is 38.4. The van der Waals surface area contributed by atoms with E-state index >= 15 is 0 Å². The van der Waals surface area contributed by atoms with E-state index in [9.17, 15) is 77.3 Å². The molecule has 31 N–H and O–H groups in total. The van der Waals surface area contributed by atoms with Crippen LogP contribution in [0.2, 0.25) is 0 Å². The molecule has 0 aromatic heterocycles. The number of carboxylic acid groups (broad SMARTS) is 1. The maximum atomic E-state index is 15.0. The van der Waals surface area contributed by atoms with Crippen molar-refractivity contribution in [2.75, 3.05) is 45.8 Å². The van der Waals surface area contributed by atoms with Crippen LogP contribution in [0.15, 0.2) is 64.6 Å². The molecule has 630 valence electrons. The number of carbonyl (C=O) groups is 14. The number of hydrogen-bond donors (Lipinski definition) is 22. The maximum Gasteiger partial charge on any atom is 0.305 e. The quantitative estimate of drug-likeness (QED) is 0.0167. The van der Waals surface area contributed by atoms with Crippen molar-refractivity contribution in [3.05, 3.63) is 65.7 Å². The number of phenolic OH excluding ortho intramolecular Hbond substituents is 1. The van der Waals surface area contributed by atoms with Gasteiger partial charge in [0.25, 0.3) is 0 Å². The zero-order chi connectivity index (χ0) is 84.4. The summed E-state index contributed by atoms with van der Waals surface area (Å²) in [6.07, 6.45) is 2.01. The van der Waals surface area contributed by atoms with Crippen LogP contribution in [0.5, 0.6) is 5.75 Å². The number of nitrogens with one attached hydrogen (secondary N) is 11. The second-order valence-corrected chi connectivity index (χ2v) is 29.1. The minimum atomic E-state index is -1.79. The molecule has 0 saturated carbocycles. The fourth-order valence-corrected chi connectivity index (χ4v) is 12.2. The summed E-state index contributed by atoms with van der Waals surface area (Å²) in [5, 5.41) is 48.1. The zero-order valence-corrected chi connectivity index (χ0v) is 65.7. The molecule has 1 fully saturated rings. The first-order valence-corrected chi connectivity index (χ1v) is 38.4. The predicted octanol–water partition coefficient (Wildman–Crippen LogP) is -5.12. The van der Waals surface area contributed by atoms with E-state index in [0.29, 0.717) is 49.8 Å². The minimum Gasteiger partial charge on any atom is -0.508 e. The van der Waals surface area contributed by atoms with Crippen LogP contribution in [0.4, 0.5) is 0 Å². The van der Waals surface area contributed by atoms with Crippen molar-refractivity contribution in [2.24, 2.45) is 79.3 Å². The van der Waals surface area contributed by atoms with E-state index in [0.717, 1.165) is 0 Å². The smallest absolute Gasteiger partial charge is 0.305 e. The maximum absolute atomic E-state index is 15.0. The Balaban J connectivity index is 1.88. The fraction of sp³-hybridized carbons (Fsp3) is 0.622. The predicted molar refractivity (Wildman–Crippen MR) is 421 cm³/mol. The highest BCUT2D eigenvalue weighted by Gasteiger charge is 2.42. The summed E-state index contributed by atoms with van der Waals surface area (Å²) in [6.45, 7) is 9.95. The molecular weight excluding hydrogens is 1470 g/mol. The number of likely N-dealkylation sites (tertiary alicyclic amines) is 1. The summed E-state index contributed by atoms with van der Waals surface area (Å²) in [4.78, 5) is 203. The number of nitrogens with two attached hydrogens (primary N) is 9. The van der Waals surface area contributed by atoms with Gasteiger partial charge in [0.2, 0.25) is 76.8 Å². The molecule has 2 aromatic rings. The van der Waals surface area contributed by atoms with E-state index in [1.807, 2.05) is 13.8 Å². The Bertz CT molecular complexity index is 3510. The van der Waals surface area contributed by atoms with Crippen LogP contribution in [-0.4, -0.2) is 228 Å². The normalized spacial score (nSPS) is 15.7. The van der Waals surface area contributed by atoms with Gasteiger partial charge >= 0.3 is 5.97 Å². The van der Waals surface area contributed by atoms with Gasteiger partial charge in [-0.2, -0.15) is 0 Å². The lowest BCUT2D eigenvalue weighted by molar-refractivity contribution is -0.143. The van der Waals surface area contributed by atoms with Crippen molar-refractivity contribution in [2.45, 2.75) is 230 Å². The third kappa shape index (κ3) is 36.5. The highest BCUT2D eigenvalue weighted by molar-refractivity contribution is 6.00. The number of benzene rings is 2. The number of rotatable bonds is 53. The van der Waals surface area contributed by atoms with E-state index in [-0.39, 0.29) is 133 Å². The van der Waals surface area contributed by atoms with Gasteiger partial charge in [-0.15, -0.1) is 0 Å². The highest BCUT2D eigenvalue weighted by atomic mass is 16.4. The number of unbranched alkanes of at least 4 members (excludes halogenated alkanes) is 2. The number of guanidine groups is 2. The Morgan fingerprint density at radius 2 is 0.973 bits per heavy atom. The van der Waals surface area contributed by atoms with Gasteiger partial charge in [0.15, 0.2) is 11.9 Å². The topological polar surface area (TPSA) is 674 Å². The van der Waals surface area contributed by atoms with E-state index in [1.54, 1.807) is 70.2 Å². The van der Waals surface area contributed by atoms with Crippen molar-refractivity contribution in [1.82, 2.24) is 63.4 Å². The highest BCUT2D eigenvalue weighted by Crippen LogP contribution is 2.22. The van der Waals surface area contributed by atoms with Crippen LogP contribution in [0.3, 0.4) is 0 Å². The lowest BCUT2D eigenvalue weighted by atomic mass is 9.96. The van der Waals surface area contributed by atoms with E-state index < -0.39 is 181 Å². The fourth-order valence-electron chi connectivity index (χ4n) is 12.2. The summed E-state index contributed by atoms with van der Waals surface area (Å²) in [6, 6.07) is -1.92. The SMILES string of the molecule is CC[C@H](C)[C@H](NC(=O)[C@H](CCCN=C(N)N)NC(=O)[C@@H](N)CNC(=O)[C@H](CC(C)C)NC(=O)[C@H](Cc1ccccc1)NC(=O)[C@@H](CC(=O)O)NC(=O)CNC(=O)[C@@H](N)Cc1ccc(O)cc1)C(=O)N[C@@H](CCCN=C(N)N)C(=O)N1CCC[C@H]1C(=O)N[C@@H](CCCCN)C(=O)N[C@@H](CC(C)C)C(=O)N[C@@H](CCCCN)C(N)=O. The molecule has 39 heteroatoms. The third-order valence-electron chi connectivity index (χ3n) is 18.6. The van der Waals surface area contributed by atoms with Crippen LogP contribution < -0.4 is 110 Å². The second-order valence-electron chi connectivity index (χ2n) is 29.1. The van der Waals surface area contributed by atoms with Gasteiger partial charge in [-0.3, -0.25) is 77.1 Å². The number of nitrogens with zero attached hydrogens (tertiary/aromatic N) is 3. The average molecular weight is 1590 g/mol. The Labute approximate surface area is 659 Å². The Morgan fingerprint density at radius 1 is 0.496 bits per heavy atom. The lowest BCUT2D eigenvalue weighted by Crippen LogP contribution is -2.61. The number of primary amides is 1. The van der Waals surface area contributed by atoms with E-state index in [4.69, 9.17) is 51.6 Å². The molecule has 0 spiro atoms. The van der Waals surface area contributed by atoms with Crippen molar-refractivity contribution in [3.8, 4) is 5.75 Å². The van der Waals surface area contributed by atoms with Gasteiger partial charge in [-0.05, 0) is 150 Å². The molecule has 1 saturated heterocycles. The second kappa shape index (κ2) is 51.0.